The third kappa shape index (κ3) is 5.81. The van der Waals surface area contributed by atoms with Crippen molar-refractivity contribution in [3.63, 3.8) is 0 Å². The fourth-order valence-corrected chi connectivity index (χ4v) is 4.46. The van der Waals surface area contributed by atoms with Crippen molar-refractivity contribution in [1.82, 2.24) is 5.32 Å². The van der Waals surface area contributed by atoms with Gasteiger partial charge in [-0.15, -0.1) is 0 Å². The van der Waals surface area contributed by atoms with Crippen LogP contribution in [0.1, 0.15) is 35.5 Å². The van der Waals surface area contributed by atoms with Gasteiger partial charge in [-0.3, -0.25) is 14.3 Å². The lowest BCUT2D eigenvalue weighted by atomic mass is 10.0. The number of furan rings is 1. The van der Waals surface area contributed by atoms with Crippen molar-refractivity contribution < 1.29 is 22.4 Å². The number of aryl methyl sites for hydroxylation is 2. The summed E-state index contributed by atoms with van der Waals surface area (Å²) in [4.78, 5) is 25.1. The Morgan fingerprint density at radius 3 is 2.09 bits per heavy atom. The zero-order chi connectivity index (χ0) is 24.2. The summed E-state index contributed by atoms with van der Waals surface area (Å²) in [6.45, 7) is 7.28. The van der Waals surface area contributed by atoms with E-state index in [1.807, 2.05) is 45.9 Å². The largest absolute Gasteiger partial charge is 0.459 e. The molecule has 0 aliphatic heterocycles. The van der Waals surface area contributed by atoms with Gasteiger partial charge in [-0.25, -0.2) is 8.42 Å². The van der Waals surface area contributed by atoms with Gasteiger partial charge in [0.05, 0.1) is 16.8 Å². The van der Waals surface area contributed by atoms with Crippen molar-refractivity contribution in [2.45, 2.75) is 38.6 Å². The minimum atomic E-state index is -3.80. The van der Waals surface area contributed by atoms with Crippen LogP contribution in [0.2, 0.25) is 0 Å². The molecule has 174 valence electrons. The summed E-state index contributed by atoms with van der Waals surface area (Å²) in [5.74, 6) is -0.994. The lowest BCUT2D eigenvalue weighted by Gasteiger charge is -2.21. The van der Waals surface area contributed by atoms with E-state index in [1.54, 1.807) is 6.07 Å². The molecular formula is C24H27N3O5S. The Labute approximate surface area is 193 Å². The lowest BCUT2D eigenvalue weighted by Crippen LogP contribution is -2.47. The molecule has 33 heavy (non-hydrogen) atoms. The van der Waals surface area contributed by atoms with Gasteiger partial charge in [-0.05, 0) is 67.3 Å². The van der Waals surface area contributed by atoms with Gasteiger partial charge in [0.25, 0.3) is 15.9 Å². The highest BCUT2D eigenvalue weighted by molar-refractivity contribution is 7.92. The van der Waals surface area contributed by atoms with E-state index >= 15 is 0 Å². The van der Waals surface area contributed by atoms with Crippen LogP contribution in [0.25, 0.3) is 0 Å². The van der Waals surface area contributed by atoms with Crippen LogP contribution in [0.3, 0.4) is 0 Å². The molecule has 3 rings (SSSR count). The highest BCUT2D eigenvalue weighted by atomic mass is 32.2. The third-order valence-electron chi connectivity index (χ3n) is 5.13. The summed E-state index contributed by atoms with van der Waals surface area (Å²) in [7, 11) is -3.80. The van der Waals surface area contributed by atoms with Gasteiger partial charge >= 0.3 is 0 Å². The van der Waals surface area contributed by atoms with Crippen LogP contribution in [0.4, 0.5) is 11.4 Å². The zero-order valence-corrected chi connectivity index (χ0v) is 19.7. The predicted octanol–water partition coefficient (Wildman–Crippen LogP) is 4.09. The van der Waals surface area contributed by atoms with Crippen LogP contribution in [0.5, 0.6) is 0 Å². The summed E-state index contributed by atoms with van der Waals surface area (Å²) >= 11 is 0. The molecule has 0 spiro atoms. The number of hydrogen-bond donors (Lipinski definition) is 3. The van der Waals surface area contributed by atoms with Gasteiger partial charge < -0.3 is 15.1 Å². The second-order valence-corrected chi connectivity index (χ2v) is 9.74. The number of anilines is 2. The number of rotatable bonds is 8. The second kappa shape index (κ2) is 9.91. The first-order chi connectivity index (χ1) is 15.6. The number of amides is 2. The molecule has 0 radical (unpaired) electrons. The van der Waals surface area contributed by atoms with Gasteiger partial charge in [-0.2, -0.15) is 0 Å². The molecule has 1 atom stereocenters. The molecule has 1 unspecified atom stereocenters. The topological polar surface area (TPSA) is 118 Å². The molecule has 0 saturated carbocycles. The van der Waals surface area contributed by atoms with Crippen molar-refractivity contribution in [1.29, 1.82) is 0 Å². The average Bonchev–Trinajstić information content (AvgIpc) is 3.30. The van der Waals surface area contributed by atoms with Crippen molar-refractivity contribution in [2.24, 2.45) is 5.92 Å². The van der Waals surface area contributed by atoms with Crippen molar-refractivity contribution in [3.05, 3.63) is 77.7 Å². The Morgan fingerprint density at radius 1 is 0.909 bits per heavy atom. The fraction of sp³-hybridized carbons (Fsp3) is 0.250. The van der Waals surface area contributed by atoms with E-state index < -0.39 is 27.9 Å². The molecule has 0 fully saturated rings. The highest BCUT2D eigenvalue weighted by Crippen LogP contribution is 2.24. The molecular weight excluding hydrogens is 442 g/mol. The minimum absolute atomic E-state index is 0.0645. The standard InChI is InChI=1S/C24H27N3O5S/c1-15(2)21(26-23(28)20-9-6-14-32-20)24(29)25-18-10-12-19(13-11-18)33(30,31)27-22-16(3)7-5-8-17(22)4/h5-15,21,27H,1-4H3,(H,25,29)(H,26,28). The van der Waals surface area contributed by atoms with Crippen LogP contribution in [0, 0.1) is 19.8 Å². The monoisotopic (exact) mass is 469 g/mol. The van der Waals surface area contributed by atoms with E-state index in [1.165, 1.54) is 36.6 Å². The Kier molecular flexibility index (Phi) is 7.23. The number of carbonyl (C=O) groups is 2. The summed E-state index contributed by atoms with van der Waals surface area (Å²) < 4.78 is 33.3. The first-order valence-corrected chi connectivity index (χ1v) is 11.9. The maximum Gasteiger partial charge on any atom is 0.287 e. The first-order valence-electron chi connectivity index (χ1n) is 10.4. The molecule has 0 aliphatic rings. The van der Waals surface area contributed by atoms with Gasteiger partial charge in [0.15, 0.2) is 5.76 Å². The summed E-state index contributed by atoms with van der Waals surface area (Å²) in [5, 5.41) is 5.38. The van der Waals surface area contributed by atoms with Gasteiger partial charge in [-0.1, -0.05) is 32.0 Å². The molecule has 8 nitrogen and oxygen atoms in total. The van der Waals surface area contributed by atoms with E-state index in [4.69, 9.17) is 4.42 Å². The Balaban J connectivity index is 1.71. The number of nitrogens with one attached hydrogen (secondary N) is 3. The predicted molar refractivity (Wildman–Crippen MR) is 127 cm³/mol. The summed E-state index contributed by atoms with van der Waals surface area (Å²) in [6, 6.07) is 13.7. The molecule has 0 saturated heterocycles. The maximum absolute atomic E-state index is 12.8. The molecule has 1 heterocycles. The third-order valence-corrected chi connectivity index (χ3v) is 6.50. The molecule has 9 heteroatoms. The van der Waals surface area contributed by atoms with Crippen molar-refractivity contribution in [3.8, 4) is 0 Å². The lowest BCUT2D eigenvalue weighted by molar-refractivity contribution is -0.118. The number of sulfonamides is 1. The van der Waals surface area contributed by atoms with Gasteiger partial charge in [0.1, 0.15) is 6.04 Å². The van der Waals surface area contributed by atoms with Crippen LogP contribution >= 0.6 is 0 Å². The molecule has 3 aromatic rings. The maximum atomic E-state index is 12.8. The molecule has 1 aromatic heterocycles. The zero-order valence-electron chi connectivity index (χ0n) is 18.9. The van der Waals surface area contributed by atoms with E-state index in [0.29, 0.717) is 11.4 Å². The quantitative estimate of drug-likeness (QED) is 0.459. The van der Waals surface area contributed by atoms with Crippen LogP contribution in [-0.4, -0.2) is 26.3 Å². The van der Waals surface area contributed by atoms with Gasteiger partial charge in [0.2, 0.25) is 5.91 Å². The minimum Gasteiger partial charge on any atom is -0.459 e. The normalized spacial score (nSPS) is 12.3. The summed E-state index contributed by atoms with van der Waals surface area (Å²) in [6.07, 6.45) is 1.38. The van der Waals surface area contributed by atoms with Crippen LogP contribution in [0.15, 0.2) is 70.2 Å². The Bertz CT molecular complexity index is 1210. The van der Waals surface area contributed by atoms with Crippen LogP contribution < -0.4 is 15.4 Å². The number of para-hydroxylation sites is 1. The summed E-state index contributed by atoms with van der Waals surface area (Å²) in [5.41, 5.74) is 2.59. The van der Waals surface area contributed by atoms with E-state index in [2.05, 4.69) is 15.4 Å². The van der Waals surface area contributed by atoms with Gasteiger partial charge in [0, 0.05) is 5.69 Å². The first kappa shape index (κ1) is 24.1. The SMILES string of the molecule is Cc1cccc(C)c1NS(=O)(=O)c1ccc(NC(=O)C(NC(=O)c2ccco2)C(C)C)cc1. The second-order valence-electron chi connectivity index (χ2n) is 8.06. The van der Waals surface area contributed by atoms with Crippen molar-refractivity contribution in [2.75, 3.05) is 10.0 Å². The number of benzene rings is 2. The smallest absolute Gasteiger partial charge is 0.287 e. The molecule has 2 amide bonds. The number of hydrogen-bond acceptors (Lipinski definition) is 5. The Morgan fingerprint density at radius 2 is 1.55 bits per heavy atom. The molecule has 0 aliphatic carbocycles. The highest BCUT2D eigenvalue weighted by Gasteiger charge is 2.26. The average molecular weight is 470 g/mol. The molecule has 2 aromatic carbocycles. The van der Waals surface area contributed by atoms with E-state index in [-0.39, 0.29) is 16.6 Å². The number of carbonyl (C=O) groups excluding carboxylic acids is 2. The fourth-order valence-electron chi connectivity index (χ4n) is 3.26. The molecule has 3 N–H and O–H groups in total. The van der Waals surface area contributed by atoms with Crippen molar-refractivity contribution >= 4 is 33.2 Å². The Hall–Kier alpha value is -3.59. The van der Waals surface area contributed by atoms with E-state index in [0.717, 1.165) is 11.1 Å². The molecule has 0 bridgehead atoms. The van der Waals surface area contributed by atoms with Crippen LogP contribution in [-0.2, 0) is 14.8 Å². The van der Waals surface area contributed by atoms with E-state index in [9.17, 15) is 18.0 Å².